The van der Waals surface area contributed by atoms with Crippen LogP contribution >= 0.6 is 11.6 Å². The maximum atomic E-state index is 11.3. The van der Waals surface area contributed by atoms with Gasteiger partial charge in [0.25, 0.3) is 5.91 Å². The number of nitrogens with zero attached hydrogens (tertiary/aromatic N) is 3. The molecule has 3 aromatic rings. The second-order valence-electron chi connectivity index (χ2n) is 4.68. The van der Waals surface area contributed by atoms with E-state index in [0.29, 0.717) is 12.2 Å². The Morgan fingerprint density at radius 3 is 2.91 bits per heavy atom. The van der Waals surface area contributed by atoms with Gasteiger partial charge in [0.15, 0.2) is 10.8 Å². The molecular formula is C15H12ClN5O. The number of hydrogen-bond acceptors (Lipinski definition) is 5. The molecule has 22 heavy (non-hydrogen) atoms. The number of hydrogen-bond donors (Lipinski definition) is 2. The molecule has 1 amide bonds. The lowest BCUT2D eigenvalue weighted by atomic mass is 10.1. The van der Waals surface area contributed by atoms with Crippen LogP contribution in [-0.4, -0.2) is 21.1 Å². The van der Waals surface area contributed by atoms with Gasteiger partial charge < -0.3 is 11.1 Å². The number of carbonyl (C=O) groups is 1. The average Bonchev–Trinajstić information content (AvgIpc) is 2.52. The molecule has 0 radical (unpaired) electrons. The van der Waals surface area contributed by atoms with Crippen molar-refractivity contribution in [3.8, 4) is 0 Å². The first-order valence-corrected chi connectivity index (χ1v) is 6.92. The number of amides is 1. The summed E-state index contributed by atoms with van der Waals surface area (Å²) in [6.07, 6.45) is 1.75. The first-order valence-electron chi connectivity index (χ1n) is 6.54. The third-order valence-electron chi connectivity index (χ3n) is 3.15. The summed E-state index contributed by atoms with van der Waals surface area (Å²) >= 11 is 5.81. The Morgan fingerprint density at radius 2 is 2.09 bits per heavy atom. The predicted molar refractivity (Wildman–Crippen MR) is 84.6 cm³/mol. The van der Waals surface area contributed by atoms with E-state index in [1.807, 2.05) is 30.3 Å². The summed E-state index contributed by atoms with van der Waals surface area (Å²) in [5.74, 6) is -0.658. The zero-order valence-electron chi connectivity index (χ0n) is 11.5. The number of primary amides is 1. The Kier molecular flexibility index (Phi) is 3.84. The van der Waals surface area contributed by atoms with E-state index in [-0.39, 0.29) is 10.8 Å². The molecule has 3 N–H and O–H groups in total. The SMILES string of the molecule is NC(=O)c1nnc(Cl)cc1NCc1ccc2ncccc2c1. The lowest BCUT2D eigenvalue weighted by Gasteiger charge is -2.09. The summed E-state index contributed by atoms with van der Waals surface area (Å²) in [7, 11) is 0. The van der Waals surface area contributed by atoms with Crippen LogP contribution in [0.15, 0.2) is 42.6 Å². The highest BCUT2D eigenvalue weighted by Crippen LogP contribution is 2.18. The van der Waals surface area contributed by atoms with Gasteiger partial charge in [-0.3, -0.25) is 9.78 Å². The van der Waals surface area contributed by atoms with Crippen molar-refractivity contribution in [2.45, 2.75) is 6.54 Å². The number of aromatic nitrogens is 3. The van der Waals surface area contributed by atoms with Gasteiger partial charge in [-0.2, -0.15) is 0 Å². The Balaban J connectivity index is 1.84. The monoisotopic (exact) mass is 313 g/mol. The van der Waals surface area contributed by atoms with Crippen molar-refractivity contribution in [2.24, 2.45) is 5.73 Å². The number of carbonyl (C=O) groups excluding carboxylic acids is 1. The first-order chi connectivity index (χ1) is 10.6. The molecule has 0 aliphatic carbocycles. The van der Waals surface area contributed by atoms with Crippen molar-refractivity contribution in [2.75, 3.05) is 5.32 Å². The quantitative estimate of drug-likeness (QED) is 0.771. The topological polar surface area (TPSA) is 93.8 Å². The maximum absolute atomic E-state index is 11.3. The minimum absolute atomic E-state index is 0.0619. The fourth-order valence-corrected chi connectivity index (χ4v) is 2.26. The van der Waals surface area contributed by atoms with E-state index in [4.69, 9.17) is 17.3 Å². The third-order valence-corrected chi connectivity index (χ3v) is 3.33. The van der Waals surface area contributed by atoms with Crippen molar-refractivity contribution < 1.29 is 4.79 Å². The smallest absolute Gasteiger partial charge is 0.271 e. The van der Waals surface area contributed by atoms with E-state index < -0.39 is 5.91 Å². The molecule has 0 aliphatic rings. The second kappa shape index (κ2) is 5.95. The predicted octanol–water partition coefficient (Wildman–Crippen LogP) is 2.39. The van der Waals surface area contributed by atoms with E-state index >= 15 is 0 Å². The molecule has 0 spiro atoms. The summed E-state index contributed by atoms with van der Waals surface area (Å²) in [5.41, 5.74) is 7.75. The average molecular weight is 314 g/mol. The Morgan fingerprint density at radius 1 is 1.23 bits per heavy atom. The van der Waals surface area contributed by atoms with Gasteiger partial charge in [-0.15, -0.1) is 10.2 Å². The Bertz CT molecular complexity index is 852. The largest absolute Gasteiger partial charge is 0.379 e. The van der Waals surface area contributed by atoms with Crippen LogP contribution in [0, 0.1) is 0 Å². The van der Waals surface area contributed by atoms with Gasteiger partial charge in [-0.05, 0) is 23.8 Å². The zero-order valence-corrected chi connectivity index (χ0v) is 12.2. The molecule has 0 bridgehead atoms. The zero-order chi connectivity index (χ0) is 15.5. The van der Waals surface area contributed by atoms with Crippen LogP contribution in [0.3, 0.4) is 0 Å². The van der Waals surface area contributed by atoms with Gasteiger partial charge in [-0.25, -0.2) is 0 Å². The van der Waals surface area contributed by atoms with E-state index in [1.165, 1.54) is 6.07 Å². The van der Waals surface area contributed by atoms with Crippen LogP contribution in [0.1, 0.15) is 16.1 Å². The molecule has 1 aromatic carbocycles. The number of nitrogens with one attached hydrogen (secondary N) is 1. The van der Waals surface area contributed by atoms with Gasteiger partial charge in [0, 0.05) is 24.2 Å². The standard InChI is InChI=1S/C15H12ClN5O/c16-13-7-12(14(15(17)22)21-20-13)19-8-9-3-4-11-10(6-9)2-1-5-18-11/h1-7H,8H2,(H2,17,22)(H,19,20). The number of pyridine rings is 1. The summed E-state index contributed by atoms with van der Waals surface area (Å²) in [4.78, 5) is 15.6. The Labute approximate surface area is 131 Å². The van der Waals surface area contributed by atoms with Crippen LogP contribution in [0.4, 0.5) is 5.69 Å². The fraction of sp³-hybridized carbons (Fsp3) is 0.0667. The number of benzene rings is 1. The lowest BCUT2D eigenvalue weighted by molar-refractivity contribution is 0.0995. The van der Waals surface area contributed by atoms with Crippen LogP contribution < -0.4 is 11.1 Å². The summed E-state index contributed by atoms with van der Waals surface area (Å²) in [5, 5.41) is 11.7. The van der Waals surface area contributed by atoms with Crippen LogP contribution in [0.2, 0.25) is 5.15 Å². The molecule has 6 nitrogen and oxygen atoms in total. The van der Waals surface area contributed by atoms with Crippen molar-refractivity contribution in [3.63, 3.8) is 0 Å². The molecule has 2 heterocycles. The normalized spacial score (nSPS) is 10.6. The highest BCUT2D eigenvalue weighted by atomic mass is 35.5. The lowest BCUT2D eigenvalue weighted by Crippen LogP contribution is -2.17. The maximum Gasteiger partial charge on any atom is 0.271 e. The number of fused-ring (bicyclic) bond motifs is 1. The van der Waals surface area contributed by atoms with Gasteiger partial charge in [0.05, 0.1) is 11.2 Å². The minimum Gasteiger partial charge on any atom is -0.379 e. The van der Waals surface area contributed by atoms with E-state index in [9.17, 15) is 4.79 Å². The molecule has 0 fully saturated rings. The molecule has 0 aliphatic heterocycles. The Hall–Kier alpha value is -2.73. The van der Waals surface area contributed by atoms with Gasteiger partial charge >= 0.3 is 0 Å². The van der Waals surface area contributed by atoms with Crippen molar-refractivity contribution in [3.05, 3.63) is 59.0 Å². The highest BCUT2D eigenvalue weighted by Gasteiger charge is 2.11. The molecule has 0 saturated carbocycles. The van der Waals surface area contributed by atoms with Gasteiger partial charge in [0.2, 0.25) is 0 Å². The van der Waals surface area contributed by atoms with Crippen molar-refractivity contribution in [1.29, 1.82) is 0 Å². The minimum atomic E-state index is -0.658. The first kappa shape index (κ1) is 14.2. The van der Waals surface area contributed by atoms with Gasteiger partial charge in [0.1, 0.15) is 0 Å². The molecule has 2 aromatic heterocycles. The number of rotatable bonds is 4. The second-order valence-corrected chi connectivity index (χ2v) is 5.06. The van der Waals surface area contributed by atoms with Crippen molar-refractivity contribution in [1.82, 2.24) is 15.2 Å². The van der Waals surface area contributed by atoms with Crippen LogP contribution in [-0.2, 0) is 6.54 Å². The van der Waals surface area contributed by atoms with E-state index in [2.05, 4.69) is 20.5 Å². The molecule has 7 heteroatoms. The number of halogens is 1. The van der Waals surface area contributed by atoms with Crippen LogP contribution in [0.5, 0.6) is 0 Å². The third kappa shape index (κ3) is 2.96. The van der Waals surface area contributed by atoms with E-state index in [1.54, 1.807) is 6.20 Å². The molecule has 110 valence electrons. The summed E-state index contributed by atoms with van der Waals surface area (Å²) in [6.45, 7) is 0.493. The molecule has 0 unspecified atom stereocenters. The highest BCUT2D eigenvalue weighted by molar-refractivity contribution is 6.29. The van der Waals surface area contributed by atoms with Gasteiger partial charge in [-0.1, -0.05) is 23.7 Å². The molecule has 0 atom stereocenters. The summed E-state index contributed by atoms with van der Waals surface area (Å²) in [6, 6.07) is 11.3. The molecule has 3 rings (SSSR count). The number of anilines is 1. The summed E-state index contributed by atoms with van der Waals surface area (Å²) < 4.78 is 0. The van der Waals surface area contributed by atoms with Crippen molar-refractivity contribution >= 4 is 34.1 Å². The number of nitrogens with two attached hydrogens (primary N) is 1. The molecular weight excluding hydrogens is 302 g/mol. The van der Waals surface area contributed by atoms with Crippen LogP contribution in [0.25, 0.3) is 10.9 Å². The fourth-order valence-electron chi connectivity index (χ4n) is 2.12. The molecule has 0 saturated heterocycles. The van der Waals surface area contributed by atoms with E-state index in [0.717, 1.165) is 16.5 Å².